The Morgan fingerprint density at radius 3 is 2.28 bits per heavy atom. The molecule has 0 aliphatic heterocycles. The lowest BCUT2D eigenvalue weighted by atomic mass is 10.2. The third-order valence-electron chi connectivity index (χ3n) is 3.06. The van der Waals surface area contributed by atoms with E-state index >= 15 is 0 Å². The van der Waals surface area contributed by atoms with Gasteiger partial charge in [-0.25, -0.2) is 5.43 Å². The van der Waals surface area contributed by atoms with Crippen LogP contribution in [0.15, 0.2) is 53.6 Å². The standard InChI is InChI=1S/C18H19N3O4/c1-13(22)20-15-5-3-14(4-6-15)11-19-21-18(23)12-25-17-9-7-16(24-2)8-10-17/h3-11H,12H2,1-2H3,(H,20,22)(H,21,23)/b19-11+. The van der Waals surface area contributed by atoms with Gasteiger partial charge in [-0.15, -0.1) is 0 Å². The second kappa shape index (κ2) is 9.07. The molecule has 2 aromatic carbocycles. The van der Waals surface area contributed by atoms with Crippen LogP contribution in [0, 0.1) is 0 Å². The lowest BCUT2D eigenvalue weighted by molar-refractivity contribution is -0.123. The van der Waals surface area contributed by atoms with Crippen molar-refractivity contribution in [2.75, 3.05) is 19.0 Å². The van der Waals surface area contributed by atoms with Crippen molar-refractivity contribution in [3.63, 3.8) is 0 Å². The Hall–Kier alpha value is -3.35. The summed E-state index contributed by atoms with van der Waals surface area (Å²) in [6.45, 7) is 1.30. The van der Waals surface area contributed by atoms with Crippen LogP contribution in [0.25, 0.3) is 0 Å². The van der Waals surface area contributed by atoms with E-state index in [9.17, 15) is 9.59 Å². The van der Waals surface area contributed by atoms with E-state index in [2.05, 4.69) is 15.8 Å². The summed E-state index contributed by atoms with van der Waals surface area (Å²) in [4.78, 5) is 22.6. The Morgan fingerprint density at radius 2 is 1.68 bits per heavy atom. The number of ether oxygens (including phenoxy) is 2. The van der Waals surface area contributed by atoms with Crippen LogP contribution in [-0.4, -0.2) is 31.7 Å². The van der Waals surface area contributed by atoms with Gasteiger partial charge in [0.25, 0.3) is 5.91 Å². The molecule has 130 valence electrons. The molecule has 0 atom stereocenters. The molecule has 0 aliphatic rings. The van der Waals surface area contributed by atoms with Crippen molar-refractivity contribution in [1.29, 1.82) is 0 Å². The van der Waals surface area contributed by atoms with Gasteiger partial charge in [-0.3, -0.25) is 9.59 Å². The lowest BCUT2D eigenvalue weighted by Crippen LogP contribution is -2.24. The topological polar surface area (TPSA) is 89.0 Å². The highest BCUT2D eigenvalue weighted by Crippen LogP contribution is 2.16. The first-order valence-corrected chi connectivity index (χ1v) is 7.53. The predicted octanol–water partition coefficient (Wildman–Crippen LogP) is 2.18. The van der Waals surface area contributed by atoms with E-state index in [1.54, 1.807) is 55.6 Å². The van der Waals surface area contributed by atoms with Gasteiger partial charge in [0.1, 0.15) is 11.5 Å². The lowest BCUT2D eigenvalue weighted by Gasteiger charge is -2.06. The first-order chi connectivity index (χ1) is 12.1. The largest absolute Gasteiger partial charge is 0.497 e. The normalized spacial score (nSPS) is 10.3. The van der Waals surface area contributed by atoms with Crippen molar-refractivity contribution in [1.82, 2.24) is 5.43 Å². The maximum atomic E-state index is 11.7. The first-order valence-electron chi connectivity index (χ1n) is 7.53. The Kier molecular flexibility index (Phi) is 6.53. The molecule has 0 unspecified atom stereocenters. The molecule has 2 N–H and O–H groups in total. The fourth-order valence-corrected chi connectivity index (χ4v) is 1.89. The maximum absolute atomic E-state index is 11.7. The fourth-order valence-electron chi connectivity index (χ4n) is 1.89. The van der Waals surface area contributed by atoms with Gasteiger partial charge in [0.15, 0.2) is 6.61 Å². The fraction of sp³-hybridized carbons (Fsp3) is 0.167. The minimum absolute atomic E-state index is 0.134. The molecule has 2 rings (SSSR count). The number of hydrazone groups is 1. The van der Waals surface area contributed by atoms with Gasteiger partial charge >= 0.3 is 0 Å². The van der Waals surface area contributed by atoms with Gasteiger partial charge in [-0.1, -0.05) is 12.1 Å². The highest BCUT2D eigenvalue weighted by atomic mass is 16.5. The van der Waals surface area contributed by atoms with Gasteiger partial charge in [0.05, 0.1) is 13.3 Å². The van der Waals surface area contributed by atoms with Gasteiger partial charge in [0.2, 0.25) is 5.91 Å². The molecular formula is C18H19N3O4. The summed E-state index contributed by atoms with van der Waals surface area (Å²) in [5.74, 6) is 0.770. The van der Waals surface area contributed by atoms with E-state index in [1.165, 1.54) is 13.1 Å². The Balaban J connectivity index is 1.76. The number of rotatable bonds is 7. The van der Waals surface area contributed by atoms with Gasteiger partial charge in [-0.2, -0.15) is 5.10 Å². The number of nitrogens with zero attached hydrogens (tertiary/aromatic N) is 1. The molecule has 0 bridgehead atoms. The molecular weight excluding hydrogens is 322 g/mol. The van der Waals surface area contributed by atoms with Crippen molar-refractivity contribution in [3.8, 4) is 11.5 Å². The zero-order valence-electron chi connectivity index (χ0n) is 14.0. The number of nitrogens with one attached hydrogen (secondary N) is 2. The second-order valence-electron chi connectivity index (χ2n) is 5.06. The zero-order valence-corrected chi connectivity index (χ0v) is 14.0. The van der Waals surface area contributed by atoms with Crippen LogP contribution in [0.2, 0.25) is 0 Å². The number of methoxy groups -OCH3 is 1. The summed E-state index contributed by atoms with van der Waals surface area (Å²) in [6.07, 6.45) is 1.50. The third kappa shape index (κ3) is 6.34. The van der Waals surface area contributed by atoms with Crippen molar-refractivity contribution >= 4 is 23.7 Å². The second-order valence-corrected chi connectivity index (χ2v) is 5.06. The highest BCUT2D eigenvalue weighted by molar-refractivity contribution is 5.89. The van der Waals surface area contributed by atoms with Crippen LogP contribution in [0.1, 0.15) is 12.5 Å². The van der Waals surface area contributed by atoms with Crippen molar-refractivity contribution < 1.29 is 19.1 Å². The van der Waals surface area contributed by atoms with Gasteiger partial charge in [0, 0.05) is 12.6 Å². The quantitative estimate of drug-likeness (QED) is 0.597. The highest BCUT2D eigenvalue weighted by Gasteiger charge is 2.02. The summed E-state index contributed by atoms with van der Waals surface area (Å²) >= 11 is 0. The van der Waals surface area contributed by atoms with E-state index in [-0.39, 0.29) is 18.4 Å². The molecule has 0 saturated carbocycles. The molecule has 7 nitrogen and oxygen atoms in total. The Morgan fingerprint density at radius 1 is 1.04 bits per heavy atom. The first kappa shape index (κ1) is 18.0. The van der Waals surface area contributed by atoms with E-state index in [1.807, 2.05) is 0 Å². The molecule has 0 radical (unpaired) electrons. The van der Waals surface area contributed by atoms with E-state index in [0.29, 0.717) is 17.2 Å². The van der Waals surface area contributed by atoms with Crippen LogP contribution < -0.4 is 20.2 Å². The van der Waals surface area contributed by atoms with E-state index in [4.69, 9.17) is 9.47 Å². The molecule has 25 heavy (non-hydrogen) atoms. The molecule has 0 aliphatic carbocycles. The maximum Gasteiger partial charge on any atom is 0.277 e. The summed E-state index contributed by atoms with van der Waals surface area (Å²) in [6, 6.07) is 14.0. The summed E-state index contributed by atoms with van der Waals surface area (Å²) in [7, 11) is 1.58. The van der Waals surface area contributed by atoms with Gasteiger partial charge in [-0.05, 0) is 42.0 Å². The van der Waals surface area contributed by atoms with Crippen LogP contribution in [0.5, 0.6) is 11.5 Å². The van der Waals surface area contributed by atoms with Crippen LogP contribution in [0.4, 0.5) is 5.69 Å². The van der Waals surface area contributed by atoms with Crippen LogP contribution >= 0.6 is 0 Å². The average Bonchev–Trinajstić information content (AvgIpc) is 2.61. The number of hydrogen-bond donors (Lipinski definition) is 2. The molecule has 0 fully saturated rings. The number of amides is 2. The SMILES string of the molecule is COc1ccc(OCC(=O)N/N=C/c2ccc(NC(C)=O)cc2)cc1. The predicted molar refractivity (Wildman–Crippen MR) is 95.0 cm³/mol. The average molecular weight is 341 g/mol. The summed E-state index contributed by atoms with van der Waals surface area (Å²) in [5.41, 5.74) is 3.86. The molecule has 0 heterocycles. The number of hydrogen-bond acceptors (Lipinski definition) is 5. The van der Waals surface area contributed by atoms with E-state index in [0.717, 1.165) is 5.56 Å². The van der Waals surface area contributed by atoms with Crippen LogP contribution in [-0.2, 0) is 9.59 Å². The minimum Gasteiger partial charge on any atom is -0.497 e. The van der Waals surface area contributed by atoms with E-state index < -0.39 is 0 Å². The number of carbonyl (C=O) groups is 2. The number of benzene rings is 2. The molecule has 2 aromatic rings. The third-order valence-corrected chi connectivity index (χ3v) is 3.06. The molecule has 0 saturated heterocycles. The molecule has 2 amide bonds. The van der Waals surface area contributed by atoms with Gasteiger partial charge < -0.3 is 14.8 Å². The molecule has 7 heteroatoms. The smallest absolute Gasteiger partial charge is 0.277 e. The zero-order chi connectivity index (χ0) is 18.1. The van der Waals surface area contributed by atoms with Crippen molar-refractivity contribution in [2.45, 2.75) is 6.92 Å². The molecule has 0 spiro atoms. The number of anilines is 1. The summed E-state index contributed by atoms with van der Waals surface area (Å²) in [5, 5.41) is 6.53. The molecule has 0 aromatic heterocycles. The Bertz CT molecular complexity index is 740. The summed E-state index contributed by atoms with van der Waals surface area (Å²) < 4.78 is 10.4. The van der Waals surface area contributed by atoms with Crippen LogP contribution in [0.3, 0.4) is 0 Å². The van der Waals surface area contributed by atoms with Crippen molar-refractivity contribution in [3.05, 3.63) is 54.1 Å². The minimum atomic E-state index is -0.373. The monoisotopic (exact) mass is 341 g/mol. The Labute approximate surface area is 145 Å². The van der Waals surface area contributed by atoms with Crippen molar-refractivity contribution in [2.24, 2.45) is 5.10 Å². The number of carbonyl (C=O) groups excluding carboxylic acids is 2.